The highest BCUT2D eigenvalue weighted by atomic mass is 32.1. The Hall–Kier alpha value is -3.51. The molecule has 1 N–H and O–H groups in total. The smallest absolute Gasteiger partial charge is 0.244 e. The molecule has 1 amide bonds. The Bertz CT molecular complexity index is 1400. The third-order valence-corrected chi connectivity index (χ3v) is 6.38. The van der Waals surface area contributed by atoms with E-state index in [1.807, 2.05) is 53.1 Å². The molecule has 0 aliphatic rings. The highest BCUT2D eigenvalue weighted by molar-refractivity contribution is 7.21. The molecule has 0 saturated carbocycles. The van der Waals surface area contributed by atoms with Crippen LogP contribution in [0.3, 0.4) is 0 Å². The summed E-state index contributed by atoms with van der Waals surface area (Å²) in [4.78, 5) is 22.1. The number of carbonyl (C=O) groups is 1. The molecule has 5 aromatic rings. The molecule has 2 heterocycles. The van der Waals surface area contributed by atoms with Gasteiger partial charge in [-0.1, -0.05) is 25.1 Å². The van der Waals surface area contributed by atoms with Crippen molar-refractivity contribution in [1.29, 1.82) is 0 Å². The lowest BCUT2D eigenvalue weighted by atomic mass is 10.2. The lowest BCUT2D eigenvalue weighted by Crippen LogP contribution is -2.20. The quantitative estimate of drug-likeness (QED) is 0.385. The Morgan fingerprint density at radius 2 is 1.81 bits per heavy atom. The molecule has 0 unspecified atom stereocenters. The van der Waals surface area contributed by atoms with Gasteiger partial charge in [0.05, 0.1) is 21.3 Å². The maximum atomic E-state index is 12.7. The minimum absolute atomic E-state index is 0.0685. The minimum Gasteiger partial charge on any atom is -0.325 e. The van der Waals surface area contributed by atoms with E-state index in [2.05, 4.69) is 42.3 Å². The average molecular weight is 427 g/mol. The van der Waals surface area contributed by atoms with Crippen molar-refractivity contribution in [3.63, 3.8) is 0 Å². The summed E-state index contributed by atoms with van der Waals surface area (Å²) >= 11 is 1.68. The second-order valence-corrected chi connectivity index (χ2v) is 8.60. The number of carbonyl (C=O) groups excluding carboxylic acids is 1. The number of aryl methyl sites for hydroxylation is 2. The molecule has 0 bridgehead atoms. The number of amides is 1. The van der Waals surface area contributed by atoms with Crippen molar-refractivity contribution in [2.45, 2.75) is 26.8 Å². The second-order valence-electron chi connectivity index (χ2n) is 7.57. The number of thiazole rings is 1. The van der Waals surface area contributed by atoms with E-state index in [-0.39, 0.29) is 12.5 Å². The minimum atomic E-state index is -0.0685. The number of rotatable bonds is 5. The first-order valence-electron chi connectivity index (χ1n) is 10.3. The van der Waals surface area contributed by atoms with Crippen LogP contribution in [0.5, 0.6) is 0 Å². The Morgan fingerprint density at radius 1 is 1.00 bits per heavy atom. The van der Waals surface area contributed by atoms with Gasteiger partial charge in [0.1, 0.15) is 17.4 Å². The third-order valence-electron chi connectivity index (χ3n) is 5.31. The van der Waals surface area contributed by atoms with Crippen molar-refractivity contribution in [3.05, 3.63) is 78.1 Å². The second kappa shape index (κ2) is 7.96. The first kappa shape index (κ1) is 19.5. The summed E-state index contributed by atoms with van der Waals surface area (Å²) < 4.78 is 3.17. The molecule has 0 spiro atoms. The fraction of sp³-hybridized carbons (Fsp3) is 0.160. The number of aromatic nitrogens is 3. The van der Waals surface area contributed by atoms with E-state index in [4.69, 9.17) is 4.98 Å². The fourth-order valence-electron chi connectivity index (χ4n) is 3.77. The zero-order chi connectivity index (χ0) is 21.4. The maximum absolute atomic E-state index is 12.7. The van der Waals surface area contributed by atoms with Gasteiger partial charge in [-0.05, 0) is 61.0 Å². The molecule has 5 rings (SSSR count). The normalized spacial score (nSPS) is 11.3. The lowest BCUT2D eigenvalue weighted by Gasteiger charge is -2.09. The molecular weight excluding hydrogens is 404 g/mol. The lowest BCUT2D eigenvalue weighted by molar-refractivity contribution is -0.116. The van der Waals surface area contributed by atoms with Crippen LogP contribution in [0.25, 0.3) is 31.8 Å². The molecule has 0 saturated heterocycles. The number of benzene rings is 3. The first-order chi connectivity index (χ1) is 15.1. The van der Waals surface area contributed by atoms with Crippen molar-refractivity contribution in [1.82, 2.24) is 14.5 Å². The fourth-order valence-corrected chi connectivity index (χ4v) is 4.84. The molecule has 0 radical (unpaired) electrons. The van der Waals surface area contributed by atoms with Gasteiger partial charge >= 0.3 is 0 Å². The van der Waals surface area contributed by atoms with Gasteiger partial charge in [0.2, 0.25) is 5.91 Å². The van der Waals surface area contributed by atoms with E-state index in [9.17, 15) is 4.79 Å². The Morgan fingerprint density at radius 3 is 2.61 bits per heavy atom. The zero-order valence-electron chi connectivity index (χ0n) is 17.4. The van der Waals surface area contributed by atoms with Crippen molar-refractivity contribution in [2.75, 3.05) is 5.32 Å². The molecule has 6 heteroatoms. The van der Waals surface area contributed by atoms with Crippen molar-refractivity contribution in [2.24, 2.45) is 0 Å². The van der Waals surface area contributed by atoms with Crippen LogP contribution in [0.1, 0.15) is 18.3 Å². The number of anilines is 1. The number of hydrogen-bond acceptors (Lipinski definition) is 4. The largest absolute Gasteiger partial charge is 0.325 e. The van der Waals surface area contributed by atoms with Gasteiger partial charge < -0.3 is 9.88 Å². The molecule has 2 aromatic heterocycles. The molecule has 0 fully saturated rings. The van der Waals surface area contributed by atoms with E-state index in [1.165, 1.54) is 10.3 Å². The first-order valence-corrected chi connectivity index (χ1v) is 11.1. The summed E-state index contributed by atoms with van der Waals surface area (Å²) in [6.45, 7) is 4.38. The predicted octanol–water partition coefficient (Wildman–Crippen LogP) is 5.82. The topological polar surface area (TPSA) is 59.8 Å². The molecule has 5 nitrogen and oxygen atoms in total. The number of nitrogens with zero attached hydrogens (tertiary/aromatic N) is 3. The van der Waals surface area contributed by atoms with E-state index in [1.54, 1.807) is 11.3 Å². The van der Waals surface area contributed by atoms with Gasteiger partial charge in [0.15, 0.2) is 0 Å². The van der Waals surface area contributed by atoms with Crippen LogP contribution in [0.4, 0.5) is 5.69 Å². The van der Waals surface area contributed by atoms with Crippen molar-refractivity contribution >= 4 is 44.2 Å². The van der Waals surface area contributed by atoms with Crippen LogP contribution in [0.15, 0.2) is 66.7 Å². The van der Waals surface area contributed by atoms with E-state index in [0.717, 1.165) is 45.1 Å². The Labute approximate surface area is 184 Å². The number of nitrogens with one attached hydrogen (secondary N) is 1. The standard InChI is InChI=1S/C25H22N4OS/c1-3-23-27-19-6-4-5-7-21(19)29(23)15-24(30)26-18-11-9-17(10-12-18)25-28-20-13-8-16(2)14-22(20)31-25/h4-14H,3,15H2,1-2H3,(H,26,30). The van der Waals surface area contributed by atoms with E-state index < -0.39 is 0 Å². The summed E-state index contributed by atoms with van der Waals surface area (Å²) in [5, 5.41) is 3.99. The number of hydrogen-bond donors (Lipinski definition) is 1. The Kier molecular flexibility index (Phi) is 5.00. The van der Waals surface area contributed by atoms with Crippen LogP contribution in [0.2, 0.25) is 0 Å². The van der Waals surface area contributed by atoms with Gasteiger partial charge in [-0.25, -0.2) is 9.97 Å². The highest BCUT2D eigenvalue weighted by Gasteiger charge is 2.13. The predicted molar refractivity (Wildman–Crippen MR) is 128 cm³/mol. The highest BCUT2D eigenvalue weighted by Crippen LogP contribution is 2.31. The van der Waals surface area contributed by atoms with Crippen LogP contribution < -0.4 is 5.32 Å². The summed E-state index contributed by atoms with van der Waals surface area (Å²) in [5.74, 6) is 0.846. The van der Waals surface area contributed by atoms with Crippen LogP contribution >= 0.6 is 11.3 Å². The summed E-state index contributed by atoms with van der Waals surface area (Å²) in [7, 11) is 0. The van der Waals surface area contributed by atoms with Gasteiger partial charge in [0.25, 0.3) is 0 Å². The van der Waals surface area contributed by atoms with Crippen LogP contribution in [0, 0.1) is 6.92 Å². The zero-order valence-corrected chi connectivity index (χ0v) is 18.2. The van der Waals surface area contributed by atoms with Gasteiger partial charge in [-0.2, -0.15) is 0 Å². The number of para-hydroxylation sites is 2. The summed E-state index contributed by atoms with van der Waals surface area (Å²) in [6, 6.07) is 22.1. The number of fused-ring (bicyclic) bond motifs is 2. The van der Waals surface area contributed by atoms with Gasteiger partial charge in [0, 0.05) is 17.7 Å². The monoisotopic (exact) mass is 426 g/mol. The molecule has 31 heavy (non-hydrogen) atoms. The molecule has 0 aliphatic heterocycles. The van der Waals surface area contributed by atoms with E-state index >= 15 is 0 Å². The Balaban J connectivity index is 1.33. The number of imidazole rings is 1. The summed E-state index contributed by atoms with van der Waals surface area (Å²) in [6.07, 6.45) is 0.776. The van der Waals surface area contributed by atoms with Crippen LogP contribution in [-0.2, 0) is 17.8 Å². The molecular formula is C25H22N4OS. The molecule has 154 valence electrons. The van der Waals surface area contributed by atoms with E-state index in [0.29, 0.717) is 0 Å². The molecule has 0 aliphatic carbocycles. The molecule has 0 atom stereocenters. The summed E-state index contributed by atoms with van der Waals surface area (Å²) in [5.41, 5.74) is 5.97. The average Bonchev–Trinajstić information content (AvgIpc) is 3.35. The van der Waals surface area contributed by atoms with Crippen LogP contribution in [-0.4, -0.2) is 20.4 Å². The van der Waals surface area contributed by atoms with Gasteiger partial charge in [-0.15, -0.1) is 11.3 Å². The third kappa shape index (κ3) is 3.82. The SMILES string of the molecule is CCc1nc2ccccc2n1CC(=O)Nc1ccc(-c2nc3ccc(C)cc3s2)cc1. The molecule has 3 aromatic carbocycles. The van der Waals surface area contributed by atoms with Crippen molar-refractivity contribution < 1.29 is 4.79 Å². The van der Waals surface area contributed by atoms with Gasteiger partial charge in [-0.3, -0.25) is 4.79 Å². The van der Waals surface area contributed by atoms with Crippen molar-refractivity contribution in [3.8, 4) is 10.6 Å². The maximum Gasteiger partial charge on any atom is 0.244 e.